The van der Waals surface area contributed by atoms with Crippen molar-refractivity contribution in [2.75, 3.05) is 25.5 Å². The van der Waals surface area contributed by atoms with E-state index in [4.69, 9.17) is 9.26 Å². The topological polar surface area (TPSA) is 102 Å². The van der Waals surface area contributed by atoms with Gasteiger partial charge in [0.15, 0.2) is 10.7 Å². The summed E-state index contributed by atoms with van der Waals surface area (Å²) in [5.41, 5.74) is 2.98. The lowest BCUT2D eigenvalue weighted by molar-refractivity contribution is -0.120. The molecule has 0 atom stereocenters. The molecule has 0 unspecified atom stereocenters. The van der Waals surface area contributed by atoms with Gasteiger partial charge < -0.3 is 14.6 Å². The van der Waals surface area contributed by atoms with Gasteiger partial charge in [-0.05, 0) is 68.2 Å². The van der Waals surface area contributed by atoms with Crippen molar-refractivity contribution in [2.45, 2.75) is 31.6 Å². The number of hydrogen-bond donors (Lipinski definition) is 1. The molecule has 2 heterocycles. The highest BCUT2D eigenvalue weighted by atomic mass is 32.2. The quantitative estimate of drug-likeness (QED) is 0.518. The second-order valence-electron chi connectivity index (χ2n) is 8.60. The van der Waals surface area contributed by atoms with Crippen LogP contribution in [0.4, 0.5) is 5.69 Å². The highest BCUT2D eigenvalue weighted by Crippen LogP contribution is 2.30. The molecule has 4 rings (SSSR count). The largest absolute Gasteiger partial charge is 0.497 e. The van der Waals surface area contributed by atoms with Crippen LogP contribution < -0.4 is 10.1 Å². The zero-order valence-electron chi connectivity index (χ0n) is 20.0. The van der Waals surface area contributed by atoms with Gasteiger partial charge in [-0.15, -0.1) is 0 Å². The first kappa shape index (κ1) is 24.7. The van der Waals surface area contributed by atoms with E-state index in [0.717, 1.165) is 22.6 Å². The van der Waals surface area contributed by atoms with Gasteiger partial charge in [0, 0.05) is 24.7 Å². The number of nitrogens with one attached hydrogen (secondary N) is 1. The zero-order chi connectivity index (χ0) is 25.0. The summed E-state index contributed by atoms with van der Waals surface area (Å²) >= 11 is 0. The summed E-state index contributed by atoms with van der Waals surface area (Å²) in [7, 11) is -2.24. The second-order valence-corrected chi connectivity index (χ2v) is 10.5. The Bertz CT molecular complexity index is 1320. The monoisotopic (exact) mass is 495 g/mol. The minimum atomic E-state index is -3.83. The number of hydrogen-bond acceptors (Lipinski definition) is 6. The number of sulfonamides is 1. The Morgan fingerprint density at radius 3 is 2.49 bits per heavy atom. The average Bonchev–Trinajstić information content (AvgIpc) is 3.24. The first-order chi connectivity index (χ1) is 16.8. The molecular formula is C26H29N3O5S. The van der Waals surface area contributed by atoms with E-state index in [2.05, 4.69) is 10.5 Å². The highest BCUT2D eigenvalue weighted by Gasteiger charge is 2.35. The van der Waals surface area contributed by atoms with Crippen LogP contribution in [0, 0.1) is 19.8 Å². The van der Waals surface area contributed by atoms with E-state index in [9.17, 15) is 13.2 Å². The van der Waals surface area contributed by atoms with Gasteiger partial charge in [0.25, 0.3) is 0 Å². The zero-order valence-corrected chi connectivity index (χ0v) is 20.8. The molecule has 0 aliphatic carbocycles. The Balaban J connectivity index is 1.44. The minimum Gasteiger partial charge on any atom is -0.497 e. The van der Waals surface area contributed by atoms with Crippen molar-refractivity contribution in [3.63, 3.8) is 0 Å². The first-order valence-electron chi connectivity index (χ1n) is 11.4. The molecule has 1 N–H and O–H groups in total. The van der Waals surface area contributed by atoms with Gasteiger partial charge in [-0.1, -0.05) is 35.5 Å². The molecule has 0 spiro atoms. The Morgan fingerprint density at radius 2 is 1.83 bits per heavy atom. The van der Waals surface area contributed by atoms with Crippen molar-refractivity contribution in [3.05, 3.63) is 71.1 Å². The molecule has 3 aromatic rings. The summed E-state index contributed by atoms with van der Waals surface area (Å²) in [6, 6.07) is 15.0. The molecule has 2 aromatic carbocycles. The molecule has 1 saturated heterocycles. The lowest BCUT2D eigenvalue weighted by Gasteiger charge is -2.30. The van der Waals surface area contributed by atoms with Crippen LogP contribution in [0.2, 0.25) is 0 Å². The fourth-order valence-electron chi connectivity index (χ4n) is 4.14. The molecule has 1 aliphatic heterocycles. The molecule has 35 heavy (non-hydrogen) atoms. The molecular weight excluding hydrogens is 466 g/mol. The van der Waals surface area contributed by atoms with Crippen LogP contribution in [-0.4, -0.2) is 44.0 Å². The Labute approximate surface area is 205 Å². The summed E-state index contributed by atoms with van der Waals surface area (Å²) in [6.45, 7) is 4.08. The number of rotatable bonds is 7. The van der Waals surface area contributed by atoms with Crippen molar-refractivity contribution < 1.29 is 22.5 Å². The summed E-state index contributed by atoms with van der Waals surface area (Å²) in [5.74, 6) is 0.575. The molecule has 0 saturated carbocycles. The molecule has 8 nitrogen and oxygen atoms in total. The van der Waals surface area contributed by atoms with Crippen molar-refractivity contribution >= 4 is 33.8 Å². The molecule has 0 bridgehead atoms. The van der Waals surface area contributed by atoms with Gasteiger partial charge in [0.1, 0.15) is 11.4 Å². The SMILES string of the molecule is COc1ccc(C=Cc2onc(C)c2S(=O)(=O)N2CCC(C(=O)Nc3cccc(C)c3)CC2)cc1. The number of aromatic nitrogens is 1. The summed E-state index contributed by atoms with van der Waals surface area (Å²) in [4.78, 5) is 12.8. The van der Waals surface area contributed by atoms with Gasteiger partial charge in [0.05, 0.1) is 7.11 Å². The van der Waals surface area contributed by atoms with E-state index in [1.54, 1.807) is 26.2 Å². The molecule has 0 radical (unpaired) electrons. The van der Waals surface area contributed by atoms with Gasteiger partial charge in [-0.3, -0.25) is 4.79 Å². The molecule has 1 amide bonds. The molecule has 1 fully saturated rings. The maximum absolute atomic E-state index is 13.5. The number of ether oxygens (including phenoxy) is 1. The maximum atomic E-state index is 13.5. The Morgan fingerprint density at radius 1 is 1.11 bits per heavy atom. The fourth-order valence-corrected chi connectivity index (χ4v) is 5.86. The van der Waals surface area contributed by atoms with Crippen LogP contribution in [0.15, 0.2) is 57.9 Å². The van der Waals surface area contributed by atoms with Crippen molar-refractivity contribution in [1.82, 2.24) is 9.46 Å². The van der Waals surface area contributed by atoms with Gasteiger partial charge >= 0.3 is 0 Å². The van der Waals surface area contributed by atoms with Gasteiger partial charge in [-0.2, -0.15) is 4.31 Å². The predicted octanol–water partition coefficient (Wildman–Crippen LogP) is 4.51. The number of aryl methyl sites for hydroxylation is 2. The standard InChI is InChI=1S/C26H29N3O5S/c1-18-5-4-6-22(17-18)27-26(30)21-13-15-29(16-14-21)35(31,32)25-19(2)28-34-24(25)12-9-20-7-10-23(33-3)11-8-20/h4-12,17,21H,13-16H2,1-3H3,(H,27,30). The smallest absolute Gasteiger partial charge is 0.248 e. The average molecular weight is 496 g/mol. The van der Waals surface area contributed by atoms with Crippen molar-refractivity contribution in [3.8, 4) is 5.75 Å². The van der Waals surface area contributed by atoms with E-state index < -0.39 is 10.0 Å². The predicted molar refractivity (Wildman–Crippen MR) is 134 cm³/mol. The van der Waals surface area contributed by atoms with Crippen molar-refractivity contribution in [1.29, 1.82) is 0 Å². The third-order valence-electron chi connectivity index (χ3n) is 6.08. The lowest BCUT2D eigenvalue weighted by atomic mass is 9.97. The number of carbonyl (C=O) groups is 1. The van der Waals surface area contributed by atoms with Crippen LogP contribution in [0.25, 0.3) is 12.2 Å². The lowest BCUT2D eigenvalue weighted by Crippen LogP contribution is -2.41. The van der Waals surface area contributed by atoms with Gasteiger partial charge in [0.2, 0.25) is 15.9 Å². The summed E-state index contributed by atoms with van der Waals surface area (Å²) < 4.78 is 38.8. The number of anilines is 1. The van der Waals surface area contributed by atoms with E-state index in [1.807, 2.05) is 55.5 Å². The van der Waals surface area contributed by atoms with Crippen LogP contribution >= 0.6 is 0 Å². The van der Waals surface area contributed by atoms with E-state index in [0.29, 0.717) is 18.5 Å². The number of piperidine rings is 1. The Kier molecular flexibility index (Phi) is 7.37. The van der Waals surface area contributed by atoms with Crippen LogP contribution in [-0.2, 0) is 14.8 Å². The van der Waals surface area contributed by atoms with Crippen LogP contribution in [0.1, 0.15) is 35.4 Å². The molecule has 1 aromatic heterocycles. The summed E-state index contributed by atoms with van der Waals surface area (Å²) in [5, 5.41) is 6.84. The highest BCUT2D eigenvalue weighted by molar-refractivity contribution is 7.89. The van der Waals surface area contributed by atoms with Crippen LogP contribution in [0.5, 0.6) is 5.75 Å². The van der Waals surface area contributed by atoms with E-state index in [-0.39, 0.29) is 35.6 Å². The van der Waals surface area contributed by atoms with E-state index in [1.165, 1.54) is 4.31 Å². The van der Waals surface area contributed by atoms with Crippen LogP contribution in [0.3, 0.4) is 0 Å². The molecule has 9 heteroatoms. The van der Waals surface area contributed by atoms with Gasteiger partial charge in [-0.25, -0.2) is 8.42 Å². The number of nitrogens with zero attached hydrogens (tertiary/aromatic N) is 2. The van der Waals surface area contributed by atoms with Crippen molar-refractivity contribution in [2.24, 2.45) is 5.92 Å². The fraction of sp³-hybridized carbons (Fsp3) is 0.308. The number of methoxy groups -OCH3 is 1. The molecule has 184 valence electrons. The minimum absolute atomic E-state index is 0.0601. The van der Waals surface area contributed by atoms with E-state index >= 15 is 0 Å². The third kappa shape index (κ3) is 5.63. The Hall–Kier alpha value is -3.43. The first-order valence-corrected chi connectivity index (χ1v) is 12.9. The summed E-state index contributed by atoms with van der Waals surface area (Å²) in [6.07, 6.45) is 4.26. The number of amides is 1. The maximum Gasteiger partial charge on any atom is 0.248 e. The molecule has 1 aliphatic rings. The number of benzene rings is 2. The second kappa shape index (κ2) is 10.5. The third-order valence-corrected chi connectivity index (χ3v) is 8.14. The normalized spacial score (nSPS) is 15.4. The number of carbonyl (C=O) groups excluding carboxylic acids is 1.